The predicted molar refractivity (Wildman–Crippen MR) is 89.7 cm³/mol. The first-order valence-electron chi connectivity index (χ1n) is 7.37. The fourth-order valence-electron chi connectivity index (χ4n) is 2.17. The van der Waals surface area contributed by atoms with Crippen molar-refractivity contribution in [2.75, 3.05) is 5.32 Å². The molecule has 5 nitrogen and oxygen atoms in total. The number of hydrogen-bond donors (Lipinski definition) is 2. The second kappa shape index (κ2) is 7.32. The molecule has 2 amide bonds. The van der Waals surface area contributed by atoms with Gasteiger partial charge in [-0.25, -0.2) is 9.18 Å². The van der Waals surface area contributed by atoms with Crippen LogP contribution in [0, 0.1) is 5.82 Å². The summed E-state index contributed by atoms with van der Waals surface area (Å²) in [6.07, 6.45) is 5.10. The van der Waals surface area contributed by atoms with E-state index in [0.29, 0.717) is 6.54 Å². The van der Waals surface area contributed by atoms with Crippen LogP contribution in [0.3, 0.4) is 0 Å². The van der Waals surface area contributed by atoms with Gasteiger partial charge in [0.2, 0.25) is 0 Å². The fourth-order valence-corrected chi connectivity index (χ4v) is 2.17. The van der Waals surface area contributed by atoms with E-state index in [1.165, 1.54) is 12.1 Å². The molecule has 6 heteroatoms. The van der Waals surface area contributed by atoms with Crippen molar-refractivity contribution in [1.82, 2.24) is 15.3 Å². The Morgan fingerprint density at radius 3 is 2.75 bits per heavy atom. The van der Waals surface area contributed by atoms with E-state index in [1.54, 1.807) is 30.7 Å². The number of nitrogens with zero attached hydrogens (tertiary/aromatic N) is 2. The van der Waals surface area contributed by atoms with E-state index in [0.717, 1.165) is 16.8 Å². The van der Waals surface area contributed by atoms with Crippen molar-refractivity contribution in [3.63, 3.8) is 0 Å². The Bertz CT molecular complexity index is 839. The Hall–Kier alpha value is -3.28. The minimum Gasteiger partial charge on any atom is -0.334 e. The average Bonchev–Trinajstić information content (AvgIpc) is 2.63. The summed E-state index contributed by atoms with van der Waals surface area (Å²) >= 11 is 0. The summed E-state index contributed by atoms with van der Waals surface area (Å²) in [5.74, 6) is -0.476. The molecular weight excluding hydrogens is 307 g/mol. The SMILES string of the molecule is O=C(NCc1ccnc(-c2cccnc2)c1)Nc1ccccc1F. The molecule has 0 aliphatic carbocycles. The summed E-state index contributed by atoms with van der Waals surface area (Å²) in [6, 6.07) is 13.0. The van der Waals surface area contributed by atoms with Gasteiger partial charge in [-0.15, -0.1) is 0 Å². The lowest BCUT2D eigenvalue weighted by Gasteiger charge is -2.09. The Balaban J connectivity index is 1.63. The first kappa shape index (κ1) is 15.6. The number of anilines is 1. The lowest BCUT2D eigenvalue weighted by Crippen LogP contribution is -2.28. The summed E-state index contributed by atoms with van der Waals surface area (Å²) in [5, 5.41) is 5.17. The molecular formula is C18H15FN4O. The third kappa shape index (κ3) is 3.92. The molecule has 2 aromatic heterocycles. The van der Waals surface area contributed by atoms with Crippen LogP contribution in [0.2, 0.25) is 0 Å². The molecule has 0 saturated carbocycles. The number of pyridine rings is 2. The summed E-state index contributed by atoms with van der Waals surface area (Å²) in [5.41, 5.74) is 2.69. The van der Waals surface area contributed by atoms with Gasteiger partial charge in [-0.3, -0.25) is 9.97 Å². The zero-order valence-corrected chi connectivity index (χ0v) is 12.7. The number of hydrogen-bond acceptors (Lipinski definition) is 3. The van der Waals surface area contributed by atoms with E-state index in [9.17, 15) is 9.18 Å². The normalized spacial score (nSPS) is 10.2. The van der Waals surface area contributed by atoms with E-state index in [2.05, 4.69) is 20.6 Å². The number of benzene rings is 1. The quantitative estimate of drug-likeness (QED) is 0.771. The van der Waals surface area contributed by atoms with Crippen molar-refractivity contribution in [3.05, 3.63) is 78.5 Å². The number of para-hydroxylation sites is 1. The zero-order valence-electron chi connectivity index (χ0n) is 12.7. The van der Waals surface area contributed by atoms with Crippen molar-refractivity contribution in [3.8, 4) is 11.3 Å². The molecule has 2 N–H and O–H groups in total. The highest BCUT2D eigenvalue weighted by Crippen LogP contribution is 2.16. The Morgan fingerprint density at radius 1 is 1.08 bits per heavy atom. The van der Waals surface area contributed by atoms with Crippen LogP contribution in [0.4, 0.5) is 14.9 Å². The minimum atomic E-state index is -0.476. The molecule has 0 fully saturated rings. The molecule has 2 heterocycles. The van der Waals surface area contributed by atoms with Crippen LogP contribution < -0.4 is 10.6 Å². The van der Waals surface area contributed by atoms with Crippen molar-refractivity contribution < 1.29 is 9.18 Å². The standard InChI is InChI=1S/C18H15FN4O/c19-15-5-1-2-6-16(15)23-18(24)22-11-13-7-9-21-17(10-13)14-4-3-8-20-12-14/h1-10,12H,11H2,(H2,22,23,24). The average molecular weight is 322 g/mol. The predicted octanol–water partition coefficient (Wildman–Crippen LogP) is 3.60. The molecule has 0 saturated heterocycles. The fraction of sp³-hybridized carbons (Fsp3) is 0.0556. The smallest absolute Gasteiger partial charge is 0.319 e. The van der Waals surface area contributed by atoms with E-state index in [1.807, 2.05) is 24.3 Å². The molecule has 0 spiro atoms. The highest BCUT2D eigenvalue weighted by atomic mass is 19.1. The number of amides is 2. The molecule has 0 unspecified atom stereocenters. The number of nitrogens with one attached hydrogen (secondary N) is 2. The largest absolute Gasteiger partial charge is 0.334 e. The maximum atomic E-state index is 13.5. The van der Waals surface area contributed by atoms with Crippen LogP contribution in [0.15, 0.2) is 67.1 Å². The molecule has 0 aliphatic rings. The van der Waals surface area contributed by atoms with E-state index in [-0.39, 0.29) is 5.69 Å². The molecule has 0 aliphatic heterocycles. The molecule has 120 valence electrons. The lowest BCUT2D eigenvalue weighted by molar-refractivity contribution is 0.251. The second-order valence-corrected chi connectivity index (χ2v) is 5.08. The van der Waals surface area contributed by atoms with E-state index in [4.69, 9.17) is 0 Å². The van der Waals surface area contributed by atoms with Crippen LogP contribution in [0.25, 0.3) is 11.3 Å². The third-order valence-electron chi connectivity index (χ3n) is 3.36. The van der Waals surface area contributed by atoms with Gasteiger partial charge in [-0.05, 0) is 42.0 Å². The summed E-state index contributed by atoms with van der Waals surface area (Å²) in [4.78, 5) is 20.2. The number of carbonyl (C=O) groups is 1. The first-order valence-corrected chi connectivity index (χ1v) is 7.37. The molecule has 1 aromatic carbocycles. The number of carbonyl (C=O) groups excluding carboxylic acids is 1. The van der Waals surface area contributed by atoms with Crippen LogP contribution in [-0.2, 0) is 6.54 Å². The zero-order chi connectivity index (χ0) is 16.8. The van der Waals surface area contributed by atoms with Crippen LogP contribution in [-0.4, -0.2) is 16.0 Å². The van der Waals surface area contributed by atoms with Crippen LogP contribution >= 0.6 is 0 Å². The van der Waals surface area contributed by atoms with Crippen molar-refractivity contribution in [2.45, 2.75) is 6.54 Å². The Morgan fingerprint density at radius 2 is 1.96 bits per heavy atom. The minimum absolute atomic E-state index is 0.140. The van der Waals surface area contributed by atoms with Crippen molar-refractivity contribution >= 4 is 11.7 Å². The number of aromatic nitrogens is 2. The summed E-state index contributed by atoms with van der Waals surface area (Å²) < 4.78 is 13.5. The van der Waals surface area contributed by atoms with Gasteiger partial charge in [0.05, 0.1) is 11.4 Å². The van der Waals surface area contributed by atoms with E-state index >= 15 is 0 Å². The topological polar surface area (TPSA) is 66.9 Å². The lowest BCUT2D eigenvalue weighted by atomic mass is 10.1. The molecule has 24 heavy (non-hydrogen) atoms. The van der Waals surface area contributed by atoms with Gasteiger partial charge in [0.1, 0.15) is 5.82 Å². The monoisotopic (exact) mass is 322 g/mol. The second-order valence-electron chi connectivity index (χ2n) is 5.08. The van der Waals surface area contributed by atoms with Crippen molar-refractivity contribution in [2.24, 2.45) is 0 Å². The summed E-state index contributed by atoms with van der Waals surface area (Å²) in [7, 11) is 0. The number of halogens is 1. The van der Waals surface area contributed by atoms with Gasteiger partial charge in [0.15, 0.2) is 0 Å². The number of rotatable bonds is 4. The molecule has 3 rings (SSSR count). The van der Waals surface area contributed by atoms with Gasteiger partial charge in [0, 0.05) is 30.7 Å². The maximum absolute atomic E-state index is 13.5. The van der Waals surface area contributed by atoms with Crippen LogP contribution in [0.5, 0.6) is 0 Å². The van der Waals surface area contributed by atoms with Gasteiger partial charge >= 0.3 is 6.03 Å². The van der Waals surface area contributed by atoms with E-state index < -0.39 is 11.8 Å². The van der Waals surface area contributed by atoms with Gasteiger partial charge < -0.3 is 10.6 Å². The highest BCUT2D eigenvalue weighted by Gasteiger charge is 2.06. The molecule has 0 atom stereocenters. The molecule has 3 aromatic rings. The maximum Gasteiger partial charge on any atom is 0.319 e. The molecule has 0 radical (unpaired) electrons. The van der Waals surface area contributed by atoms with Gasteiger partial charge in [-0.2, -0.15) is 0 Å². The number of urea groups is 1. The Kier molecular flexibility index (Phi) is 4.76. The van der Waals surface area contributed by atoms with Crippen molar-refractivity contribution in [1.29, 1.82) is 0 Å². The third-order valence-corrected chi connectivity index (χ3v) is 3.36. The van der Waals surface area contributed by atoms with Crippen LogP contribution in [0.1, 0.15) is 5.56 Å². The highest BCUT2D eigenvalue weighted by molar-refractivity contribution is 5.89. The molecule has 0 bridgehead atoms. The van der Waals surface area contributed by atoms with Gasteiger partial charge in [-0.1, -0.05) is 12.1 Å². The Labute approximate surface area is 138 Å². The summed E-state index contributed by atoms with van der Waals surface area (Å²) in [6.45, 7) is 0.302. The van der Waals surface area contributed by atoms with Gasteiger partial charge in [0.25, 0.3) is 0 Å². The first-order chi connectivity index (χ1) is 11.7.